The Morgan fingerprint density at radius 1 is 1.46 bits per heavy atom. The average molecular weight is 248 g/mol. The average Bonchev–Trinajstić information content (AvgIpc) is 2.02. The van der Waals surface area contributed by atoms with E-state index < -0.39 is 0 Å². The van der Waals surface area contributed by atoms with Gasteiger partial charge in [0.15, 0.2) is 0 Å². The zero-order chi connectivity index (χ0) is 9.84. The monoisotopic (exact) mass is 247 g/mol. The van der Waals surface area contributed by atoms with Crippen LogP contribution in [0.15, 0.2) is 22.7 Å². The Labute approximate surface area is 84.7 Å². The summed E-state index contributed by atoms with van der Waals surface area (Å²) < 4.78 is 13.5. The van der Waals surface area contributed by atoms with Gasteiger partial charge in [0.05, 0.1) is 6.61 Å². The summed E-state index contributed by atoms with van der Waals surface area (Å²) in [7, 11) is 0. The van der Waals surface area contributed by atoms with Crippen LogP contribution < -0.4 is 5.73 Å². The Bertz CT molecular complexity index is 273. The van der Waals surface area contributed by atoms with Crippen LogP contribution in [-0.4, -0.2) is 17.8 Å². The second-order valence-corrected chi connectivity index (χ2v) is 3.84. The lowest BCUT2D eigenvalue weighted by Crippen LogP contribution is -2.26. The summed E-state index contributed by atoms with van der Waals surface area (Å²) in [4.78, 5) is 0. The predicted molar refractivity (Wildman–Crippen MR) is 52.9 cm³/mol. The number of hydrogen-bond acceptors (Lipinski definition) is 2. The highest BCUT2D eigenvalue weighted by atomic mass is 79.9. The number of aliphatic hydroxyl groups excluding tert-OH is 1. The quantitative estimate of drug-likeness (QED) is 0.850. The third-order valence-corrected chi connectivity index (χ3v) is 2.11. The zero-order valence-corrected chi connectivity index (χ0v) is 8.59. The maximum Gasteiger partial charge on any atom is 0.124 e. The minimum Gasteiger partial charge on any atom is -0.395 e. The molecule has 4 heteroatoms. The van der Waals surface area contributed by atoms with Crippen LogP contribution in [0, 0.1) is 5.82 Å². The third kappa shape index (κ3) is 3.42. The van der Waals surface area contributed by atoms with Crippen LogP contribution in [0.4, 0.5) is 4.39 Å². The van der Waals surface area contributed by atoms with E-state index in [4.69, 9.17) is 10.8 Å². The predicted octanol–water partition coefficient (Wildman–Crippen LogP) is 1.45. The summed E-state index contributed by atoms with van der Waals surface area (Å²) in [5, 5.41) is 8.70. The molecule has 0 radical (unpaired) electrons. The molecule has 1 unspecified atom stereocenters. The van der Waals surface area contributed by atoms with E-state index in [1.54, 1.807) is 6.07 Å². The van der Waals surface area contributed by atoms with E-state index in [-0.39, 0.29) is 18.5 Å². The minimum absolute atomic E-state index is 0.0892. The first kappa shape index (κ1) is 10.6. The molecular weight excluding hydrogens is 237 g/mol. The number of aliphatic hydroxyl groups is 1. The maximum absolute atomic E-state index is 12.8. The fourth-order valence-electron chi connectivity index (χ4n) is 1.10. The molecule has 0 aliphatic rings. The van der Waals surface area contributed by atoms with Gasteiger partial charge < -0.3 is 10.8 Å². The molecule has 0 aliphatic heterocycles. The molecule has 1 atom stereocenters. The largest absolute Gasteiger partial charge is 0.395 e. The van der Waals surface area contributed by atoms with Gasteiger partial charge in [0.2, 0.25) is 0 Å². The second-order valence-electron chi connectivity index (χ2n) is 2.92. The molecule has 72 valence electrons. The summed E-state index contributed by atoms with van der Waals surface area (Å²) >= 11 is 3.18. The van der Waals surface area contributed by atoms with E-state index in [1.165, 1.54) is 12.1 Å². The third-order valence-electron chi connectivity index (χ3n) is 1.65. The molecule has 0 spiro atoms. The van der Waals surface area contributed by atoms with Crippen molar-refractivity contribution in [3.05, 3.63) is 34.1 Å². The van der Waals surface area contributed by atoms with Gasteiger partial charge in [0, 0.05) is 10.5 Å². The first-order chi connectivity index (χ1) is 6.11. The van der Waals surface area contributed by atoms with Crippen LogP contribution in [-0.2, 0) is 6.42 Å². The van der Waals surface area contributed by atoms with Crippen molar-refractivity contribution in [1.29, 1.82) is 0 Å². The first-order valence-electron chi connectivity index (χ1n) is 3.93. The van der Waals surface area contributed by atoms with E-state index >= 15 is 0 Å². The van der Waals surface area contributed by atoms with Crippen LogP contribution in [0.5, 0.6) is 0 Å². The van der Waals surface area contributed by atoms with Crippen LogP contribution in [0.3, 0.4) is 0 Å². The molecule has 1 rings (SSSR count). The lowest BCUT2D eigenvalue weighted by molar-refractivity contribution is 0.265. The molecule has 0 aliphatic carbocycles. The summed E-state index contributed by atoms with van der Waals surface area (Å²) in [5.74, 6) is -0.297. The molecule has 1 aromatic carbocycles. The molecule has 0 heterocycles. The van der Waals surface area contributed by atoms with E-state index in [0.29, 0.717) is 10.9 Å². The Morgan fingerprint density at radius 2 is 2.15 bits per heavy atom. The van der Waals surface area contributed by atoms with Crippen LogP contribution in [0.25, 0.3) is 0 Å². The van der Waals surface area contributed by atoms with Crippen LogP contribution >= 0.6 is 15.9 Å². The number of benzene rings is 1. The van der Waals surface area contributed by atoms with Crippen molar-refractivity contribution in [2.45, 2.75) is 12.5 Å². The Morgan fingerprint density at radius 3 is 2.69 bits per heavy atom. The summed E-state index contributed by atoms with van der Waals surface area (Å²) in [6.07, 6.45) is 0.479. The number of halogens is 2. The topological polar surface area (TPSA) is 46.2 Å². The molecule has 0 fully saturated rings. The molecule has 2 nitrogen and oxygen atoms in total. The fraction of sp³-hybridized carbons (Fsp3) is 0.333. The standard InChI is InChI=1S/C9H11BrFNO/c10-7-1-6(2-8(11)4-7)3-9(12)5-13/h1-2,4,9,13H,3,5,12H2. The molecule has 0 saturated heterocycles. The molecule has 1 aromatic rings. The Balaban J connectivity index is 2.77. The summed E-state index contributed by atoms with van der Waals surface area (Å²) in [6, 6.07) is 4.26. The van der Waals surface area contributed by atoms with E-state index in [9.17, 15) is 4.39 Å². The Kier molecular flexibility index (Phi) is 3.84. The van der Waals surface area contributed by atoms with Gasteiger partial charge in [-0.1, -0.05) is 15.9 Å². The van der Waals surface area contributed by atoms with Crippen molar-refractivity contribution in [3.63, 3.8) is 0 Å². The minimum atomic E-state index is -0.325. The SMILES string of the molecule is NC(CO)Cc1cc(F)cc(Br)c1. The molecule has 0 amide bonds. The lowest BCUT2D eigenvalue weighted by atomic mass is 10.1. The van der Waals surface area contributed by atoms with Crippen molar-refractivity contribution >= 4 is 15.9 Å². The van der Waals surface area contributed by atoms with Gasteiger partial charge in [-0.15, -0.1) is 0 Å². The normalized spacial score (nSPS) is 12.9. The van der Waals surface area contributed by atoms with Gasteiger partial charge in [-0.25, -0.2) is 4.39 Å². The van der Waals surface area contributed by atoms with Crippen LogP contribution in [0.2, 0.25) is 0 Å². The van der Waals surface area contributed by atoms with Gasteiger partial charge in [-0.2, -0.15) is 0 Å². The van der Waals surface area contributed by atoms with Gasteiger partial charge in [-0.3, -0.25) is 0 Å². The molecular formula is C9H11BrFNO. The number of rotatable bonds is 3. The van der Waals surface area contributed by atoms with Gasteiger partial charge >= 0.3 is 0 Å². The second kappa shape index (κ2) is 4.69. The fourth-order valence-corrected chi connectivity index (χ4v) is 1.61. The van der Waals surface area contributed by atoms with Crippen molar-refractivity contribution < 1.29 is 9.50 Å². The zero-order valence-electron chi connectivity index (χ0n) is 7.00. The highest BCUT2D eigenvalue weighted by Crippen LogP contribution is 2.15. The number of nitrogens with two attached hydrogens (primary N) is 1. The summed E-state index contributed by atoms with van der Waals surface area (Å²) in [6.45, 7) is -0.0892. The first-order valence-corrected chi connectivity index (χ1v) is 4.72. The van der Waals surface area contributed by atoms with Gasteiger partial charge in [0.25, 0.3) is 0 Å². The molecule has 0 saturated carbocycles. The van der Waals surface area contributed by atoms with Gasteiger partial charge in [0.1, 0.15) is 5.82 Å². The molecule has 3 N–H and O–H groups in total. The molecule has 0 aromatic heterocycles. The van der Waals surface area contributed by atoms with E-state index in [0.717, 1.165) is 5.56 Å². The van der Waals surface area contributed by atoms with Crippen molar-refractivity contribution in [2.75, 3.05) is 6.61 Å². The maximum atomic E-state index is 12.8. The highest BCUT2D eigenvalue weighted by molar-refractivity contribution is 9.10. The highest BCUT2D eigenvalue weighted by Gasteiger charge is 2.04. The van der Waals surface area contributed by atoms with E-state index in [2.05, 4.69) is 15.9 Å². The summed E-state index contributed by atoms with van der Waals surface area (Å²) in [5.41, 5.74) is 6.30. The lowest BCUT2D eigenvalue weighted by Gasteiger charge is -2.08. The van der Waals surface area contributed by atoms with Crippen molar-refractivity contribution in [2.24, 2.45) is 5.73 Å². The number of hydrogen-bond donors (Lipinski definition) is 2. The smallest absolute Gasteiger partial charge is 0.124 e. The van der Waals surface area contributed by atoms with Crippen molar-refractivity contribution in [1.82, 2.24) is 0 Å². The van der Waals surface area contributed by atoms with Gasteiger partial charge in [-0.05, 0) is 30.2 Å². The van der Waals surface area contributed by atoms with E-state index in [1.807, 2.05) is 0 Å². The Hall–Kier alpha value is -0.450. The molecule has 13 heavy (non-hydrogen) atoms. The molecule has 0 bridgehead atoms. The van der Waals surface area contributed by atoms with Crippen molar-refractivity contribution in [3.8, 4) is 0 Å². The van der Waals surface area contributed by atoms with Crippen LogP contribution in [0.1, 0.15) is 5.56 Å².